The van der Waals surface area contributed by atoms with E-state index in [4.69, 9.17) is 0 Å². The summed E-state index contributed by atoms with van der Waals surface area (Å²) in [4.78, 5) is 2.27. The van der Waals surface area contributed by atoms with Crippen molar-refractivity contribution in [2.24, 2.45) is 0 Å². The molecule has 25 heavy (non-hydrogen) atoms. The predicted molar refractivity (Wildman–Crippen MR) is 113 cm³/mol. The van der Waals surface area contributed by atoms with Crippen molar-refractivity contribution < 1.29 is 0 Å². The average molecular weight is 336 g/mol. The van der Waals surface area contributed by atoms with Crippen LogP contribution in [0.4, 0.5) is 0 Å². The summed E-state index contributed by atoms with van der Waals surface area (Å²) in [5.41, 5.74) is 6.22. The van der Waals surface area contributed by atoms with Gasteiger partial charge in [-0.1, -0.05) is 85.4 Å². The van der Waals surface area contributed by atoms with Crippen LogP contribution in [0.15, 0.2) is 84.0 Å². The summed E-state index contributed by atoms with van der Waals surface area (Å²) in [7, 11) is 2.13. The number of hydrogen-bond donors (Lipinski definition) is 0. The third-order valence-corrected chi connectivity index (χ3v) is 4.36. The number of likely N-dealkylation sites (N-methyl/N-ethyl adjacent to an activating group) is 1. The lowest BCUT2D eigenvalue weighted by Gasteiger charge is -2.32. The molecule has 0 aromatic heterocycles. The van der Waals surface area contributed by atoms with Gasteiger partial charge >= 0.3 is 0 Å². The molecule has 0 fully saturated rings. The summed E-state index contributed by atoms with van der Waals surface area (Å²) in [5.74, 6) is 0. The van der Waals surface area contributed by atoms with Crippen LogP contribution in [0.2, 0.25) is 0 Å². The van der Waals surface area contributed by atoms with E-state index in [9.17, 15) is 0 Å². The van der Waals surface area contributed by atoms with Gasteiger partial charge in [0.05, 0.1) is 6.04 Å². The summed E-state index contributed by atoms with van der Waals surface area (Å²) in [5, 5.41) is 0. The Morgan fingerprint density at radius 3 is 2.28 bits per heavy atom. The third-order valence-electron chi connectivity index (χ3n) is 4.36. The van der Waals surface area contributed by atoms with Crippen LogP contribution in [0.1, 0.15) is 46.6 Å². The molecule has 0 aliphatic carbocycles. The molecule has 1 aromatic carbocycles. The maximum absolute atomic E-state index is 4.35. The van der Waals surface area contributed by atoms with E-state index in [0.717, 1.165) is 17.7 Å². The summed E-state index contributed by atoms with van der Waals surface area (Å²) in [6.45, 7) is 15.1. The Hall–Kier alpha value is -2.28. The Kier molecular flexibility index (Phi) is 8.77. The zero-order valence-corrected chi connectivity index (χ0v) is 16.7. The Balaban J connectivity index is 3.34. The molecule has 0 aliphatic rings. The van der Waals surface area contributed by atoms with Crippen LogP contribution in [-0.4, -0.2) is 18.0 Å². The fourth-order valence-electron chi connectivity index (χ4n) is 2.70. The second-order valence-electron chi connectivity index (χ2n) is 6.59. The van der Waals surface area contributed by atoms with Crippen LogP contribution in [0.3, 0.4) is 0 Å². The molecule has 0 aliphatic heterocycles. The molecule has 0 heterocycles. The van der Waals surface area contributed by atoms with Gasteiger partial charge in [0.15, 0.2) is 0 Å². The molecule has 134 valence electrons. The Labute approximate surface area is 154 Å². The van der Waals surface area contributed by atoms with Crippen molar-refractivity contribution in [1.82, 2.24) is 4.90 Å². The van der Waals surface area contributed by atoms with Crippen LogP contribution in [-0.2, 0) is 0 Å². The number of rotatable bonds is 8. The van der Waals surface area contributed by atoms with Crippen LogP contribution < -0.4 is 0 Å². The van der Waals surface area contributed by atoms with Crippen LogP contribution in [0.5, 0.6) is 0 Å². The number of allylic oxidation sites excluding steroid dienone is 5. The second-order valence-corrected chi connectivity index (χ2v) is 6.59. The van der Waals surface area contributed by atoms with Crippen LogP contribution in [0.25, 0.3) is 5.70 Å². The van der Waals surface area contributed by atoms with E-state index < -0.39 is 0 Å². The Bertz CT molecular complexity index is 667. The van der Waals surface area contributed by atoms with Crippen molar-refractivity contribution >= 4 is 5.70 Å². The monoisotopic (exact) mass is 335 g/mol. The largest absolute Gasteiger partial charge is 0.364 e. The minimum atomic E-state index is 0.166. The summed E-state index contributed by atoms with van der Waals surface area (Å²) in [6.07, 6.45) is 11.8. The lowest BCUT2D eigenvalue weighted by Crippen LogP contribution is -2.30. The van der Waals surface area contributed by atoms with Gasteiger partial charge in [-0.15, -0.1) is 0 Å². The lowest BCUT2D eigenvalue weighted by molar-refractivity contribution is 0.448. The van der Waals surface area contributed by atoms with Crippen molar-refractivity contribution in [2.45, 2.75) is 47.1 Å². The van der Waals surface area contributed by atoms with Gasteiger partial charge in [0, 0.05) is 12.7 Å². The minimum Gasteiger partial charge on any atom is -0.364 e. The first kappa shape index (κ1) is 20.8. The van der Waals surface area contributed by atoms with Crippen molar-refractivity contribution in [2.75, 3.05) is 7.05 Å². The SMILES string of the molecule is C=C(c1ccccc1)N(C)C(C=C(C)C)C(/C=C\C=C/C)=C(/C)CC. The summed E-state index contributed by atoms with van der Waals surface area (Å²) < 4.78 is 0. The quantitative estimate of drug-likeness (QED) is 0.374. The molecule has 0 spiro atoms. The molecule has 1 rings (SSSR count). The Morgan fingerprint density at radius 2 is 1.76 bits per heavy atom. The van der Waals surface area contributed by atoms with Crippen molar-refractivity contribution in [3.05, 3.63) is 89.6 Å². The maximum atomic E-state index is 4.35. The van der Waals surface area contributed by atoms with Crippen molar-refractivity contribution in [1.29, 1.82) is 0 Å². The highest BCUT2D eigenvalue weighted by Crippen LogP contribution is 2.26. The van der Waals surface area contributed by atoms with Gasteiger partial charge in [0.1, 0.15) is 0 Å². The normalized spacial score (nSPS) is 13.7. The van der Waals surface area contributed by atoms with E-state index >= 15 is 0 Å². The smallest absolute Gasteiger partial charge is 0.0725 e. The van der Waals surface area contributed by atoms with E-state index in [1.54, 1.807) is 0 Å². The molecule has 0 radical (unpaired) electrons. The molecular weight excluding hydrogens is 302 g/mol. The first-order chi connectivity index (χ1) is 11.9. The highest BCUT2D eigenvalue weighted by atomic mass is 15.1. The molecule has 1 nitrogen and oxygen atoms in total. The van der Waals surface area contributed by atoms with Gasteiger partial charge in [-0.25, -0.2) is 0 Å². The molecule has 0 saturated heterocycles. The maximum Gasteiger partial charge on any atom is 0.0725 e. The highest BCUT2D eigenvalue weighted by molar-refractivity contribution is 5.63. The molecule has 1 aromatic rings. The van der Waals surface area contributed by atoms with E-state index in [0.29, 0.717) is 0 Å². The predicted octanol–water partition coefficient (Wildman–Crippen LogP) is 6.78. The zero-order valence-electron chi connectivity index (χ0n) is 16.7. The van der Waals surface area contributed by atoms with Crippen LogP contribution >= 0.6 is 0 Å². The summed E-state index contributed by atoms with van der Waals surface area (Å²) >= 11 is 0. The average Bonchev–Trinajstić information content (AvgIpc) is 2.62. The lowest BCUT2D eigenvalue weighted by atomic mass is 9.95. The highest BCUT2D eigenvalue weighted by Gasteiger charge is 2.19. The van der Waals surface area contributed by atoms with E-state index in [1.807, 2.05) is 13.0 Å². The first-order valence-electron chi connectivity index (χ1n) is 9.03. The van der Waals surface area contributed by atoms with Gasteiger partial charge in [-0.05, 0) is 45.3 Å². The van der Waals surface area contributed by atoms with Gasteiger partial charge in [0.2, 0.25) is 0 Å². The standard InChI is InChI=1S/C24H33N/c1-8-10-12-17-23(20(5)9-2)24(18-19(3)4)25(7)21(6)22-15-13-11-14-16-22/h8,10-18,24H,6,9H2,1-5,7H3/b10-8-,17-12-,23-20-. The topological polar surface area (TPSA) is 3.24 Å². The number of hydrogen-bond acceptors (Lipinski definition) is 1. The van der Waals surface area contributed by atoms with Crippen molar-refractivity contribution in [3.8, 4) is 0 Å². The zero-order chi connectivity index (χ0) is 18.8. The van der Waals surface area contributed by atoms with Gasteiger partial charge in [-0.3, -0.25) is 0 Å². The van der Waals surface area contributed by atoms with Gasteiger partial charge < -0.3 is 4.90 Å². The van der Waals surface area contributed by atoms with E-state index in [2.05, 4.69) is 101 Å². The first-order valence-corrected chi connectivity index (χ1v) is 9.03. The molecule has 0 N–H and O–H groups in total. The Morgan fingerprint density at radius 1 is 1.12 bits per heavy atom. The molecule has 0 amide bonds. The molecule has 0 bridgehead atoms. The number of nitrogens with zero attached hydrogens (tertiary/aromatic N) is 1. The van der Waals surface area contributed by atoms with E-state index in [1.165, 1.54) is 16.7 Å². The summed E-state index contributed by atoms with van der Waals surface area (Å²) in [6, 6.07) is 10.6. The minimum absolute atomic E-state index is 0.166. The van der Waals surface area contributed by atoms with Gasteiger partial charge in [0.25, 0.3) is 0 Å². The van der Waals surface area contributed by atoms with Crippen LogP contribution in [0, 0.1) is 0 Å². The fourth-order valence-corrected chi connectivity index (χ4v) is 2.70. The molecule has 0 saturated carbocycles. The molecular formula is C24H33N. The third kappa shape index (κ3) is 6.26. The second kappa shape index (κ2) is 10.6. The van der Waals surface area contributed by atoms with Crippen molar-refractivity contribution in [3.63, 3.8) is 0 Å². The van der Waals surface area contributed by atoms with E-state index in [-0.39, 0.29) is 6.04 Å². The van der Waals surface area contributed by atoms with Gasteiger partial charge in [-0.2, -0.15) is 0 Å². The molecule has 1 heteroatoms. The fraction of sp³-hybridized carbons (Fsp3) is 0.333. The molecule has 1 atom stereocenters. The molecule has 1 unspecified atom stereocenters. The number of benzene rings is 1.